The molecule has 2 aromatic rings. The van der Waals surface area contributed by atoms with E-state index in [0.29, 0.717) is 24.6 Å². The van der Waals surface area contributed by atoms with Crippen molar-refractivity contribution >= 4 is 16.7 Å². The highest BCUT2D eigenvalue weighted by molar-refractivity contribution is 7.09. The zero-order valence-electron chi connectivity index (χ0n) is 11.0. The van der Waals surface area contributed by atoms with Gasteiger partial charge in [-0.25, -0.2) is 0 Å². The lowest BCUT2D eigenvalue weighted by Gasteiger charge is -2.05. The molecular formula is C11H14F3N5S. The van der Waals surface area contributed by atoms with Crippen molar-refractivity contribution in [3.05, 3.63) is 23.3 Å². The number of nitrogens with zero attached hydrogens (tertiary/aromatic N) is 4. The topological polar surface area (TPSA) is 55.6 Å². The number of aromatic nitrogens is 4. The first kappa shape index (κ1) is 14.8. The molecule has 0 amide bonds. The number of hydrogen-bond acceptors (Lipinski definition) is 5. The standard InChI is InChI=1S/C11H14F3N5S/c1-7-6-8(2)19(17-7)5-3-4-15-10-16-9(18-20-10)11(12,13)14/h6H,3-5H2,1-2H3,(H,15,16,18). The fourth-order valence-electron chi connectivity index (χ4n) is 1.74. The molecule has 0 aromatic carbocycles. The first-order chi connectivity index (χ1) is 9.36. The van der Waals surface area contributed by atoms with Gasteiger partial charge in [-0.2, -0.15) is 27.6 Å². The van der Waals surface area contributed by atoms with Crippen LogP contribution in [0.15, 0.2) is 6.07 Å². The second kappa shape index (κ2) is 5.78. The summed E-state index contributed by atoms with van der Waals surface area (Å²) in [7, 11) is 0. The molecule has 0 unspecified atom stereocenters. The van der Waals surface area contributed by atoms with Gasteiger partial charge >= 0.3 is 6.18 Å². The molecule has 20 heavy (non-hydrogen) atoms. The summed E-state index contributed by atoms with van der Waals surface area (Å²) in [6.45, 7) is 5.11. The third-order valence-electron chi connectivity index (χ3n) is 2.61. The summed E-state index contributed by atoms with van der Waals surface area (Å²) in [5.41, 5.74) is 2.02. The number of nitrogens with one attached hydrogen (secondary N) is 1. The minimum atomic E-state index is -4.49. The van der Waals surface area contributed by atoms with Crippen LogP contribution in [-0.2, 0) is 12.7 Å². The normalized spacial score (nSPS) is 11.8. The van der Waals surface area contributed by atoms with Crippen molar-refractivity contribution in [2.45, 2.75) is 33.0 Å². The summed E-state index contributed by atoms with van der Waals surface area (Å²) in [6.07, 6.45) is -3.75. The number of halogens is 3. The van der Waals surface area contributed by atoms with E-state index in [1.165, 1.54) is 0 Å². The molecule has 0 aliphatic carbocycles. The van der Waals surface area contributed by atoms with Crippen molar-refractivity contribution in [1.82, 2.24) is 19.1 Å². The van der Waals surface area contributed by atoms with Crippen LogP contribution in [0.5, 0.6) is 0 Å². The van der Waals surface area contributed by atoms with Gasteiger partial charge in [-0.05, 0) is 26.3 Å². The van der Waals surface area contributed by atoms with E-state index < -0.39 is 12.0 Å². The Hall–Kier alpha value is -1.64. The summed E-state index contributed by atoms with van der Waals surface area (Å²) < 4.78 is 42.0. The summed E-state index contributed by atoms with van der Waals surface area (Å²) in [5, 5.41) is 7.33. The second-order valence-electron chi connectivity index (χ2n) is 4.35. The Kier molecular flexibility index (Phi) is 4.26. The van der Waals surface area contributed by atoms with Gasteiger partial charge in [-0.1, -0.05) is 0 Å². The molecule has 0 atom stereocenters. The van der Waals surface area contributed by atoms with Gasteiger partial charge in [0, 0.05) is 30.3 Å². The maximum absolute atomic E-state index is 12.3. The minimum absolute atomic E-state index is 0.186. The van der Waals surface area contributed by atoms with Crippen molar-refractivity contribution < 1.29 is 13.2 Å². The molecule has 110 valence electrons. The van der Waals surface area contributed by atoms with Crippen LogP contribution in [0.1, 0.15) is 23.6 Å². The van der Waals surface area contributed by atoms with Crippen LogP contribution < -0.4 is 5.32 Å². The van der Waals surface area contributed by atoms with E-state index in [4.69, 9.17) is 0 Å². The summed E-state index contributed by atoms with van der Waals surface area (Å²) in [4.78, 5) is 3.40. The maximum Gasteiger partial charge on any atom is 0.452 e. The molecule has 0 saturated heterocycles. The van der Waals surface area contributed by atoms with Gasteiger partial charge < -0.3 is 5.32 Å². The smallest absolute Gasteiger partial charge is 0.360 e. The molecule has 2 heterocycles. The molecule has 5 nitrogen and oxygen atoms in total. The largest absolute Gasteiger partial charge is 0.452 e. The Morgan fingerprint density at radius 2 is 2.10 bits per heavy atom. The van der Waals surface area contributed by atoms with Crippen molar-refractivity contribution in [2.75, 3.05) is 11.9 Å². The van der Waals surface area contributed by atoms with E-state index in [1.807, 2.05) is 24.6 Å². The molecule has 0 aliphatic heterocycles. The average Bonchev–Trinajstić information content (AvgIpc) is 2.91. The quantitative estimate of drug-likeness (QED) is 0.863. The van der Waals surface area contributed by atoms with Crippen molar-refractivity contribution in [3.63, 3.8) is 0 Å². The average molecular weight is 305 g/mol. The highest BCUT2D eigenvalue weighted by Gasteiger charge is 2.36. The molecule has 0 aliphatic rings. The summed E-state index contributed by atoms with van der Waals surface area (Å²) >= 11 is 0.715. The Balaban J connectivity index is 1.79. The van der Waals surface area contributed by atoms with Gasteiger partial charge in [0.2, 0.25) is 11.0 Å². The molecule has 2 rings (SSSR count). The van der Waals surface area contributed by atoms with Crippen LogP contribution in [0, 0.1) is 13.8 Å². The maximum atomic E-state index is 12.3. The molecule has 1 N–H and O–H groups in total. The van der Waals surface area contributed by atoms with E-state index in [9.17, 15) is 13.2 Å². The molecule has 0 fully saturated rings. The number of anilines is 1. The first-order valence-electron chi connectivity index (χ1n) is 6.02. The Morgan fingerprint density at radius 3 is 2.65 bits per heavy atom. The molecule has 9 heteroatoms. The van der Waals surface area contributed by atoms with Crippen LogP contribution in [-0.4, -0.2) is 25.7 Å². The van der Waals surface area contributed by atoms with Crippen molar-refractivity contribution in [1.29, 1.82) is 0 Å². The Labute approximate surface area is 118 Å². The van der Waals surface area contributed by atoms with E-state index in [-0.39, 0.29) is 5.13 Å². The molecule has 0 saturated carbocycles. The number of alkyl halides is 3. The SMILES string of the molecule is Cc1cc(C)n(CCCNc2nc(C(F)(F)F)ns2)n1. The monoisotopic (exact) mass is 305 g/mol. The van der Waals surface area contributed by atoms with Crippen LogP contribution in [0.3, 0.4) is 0 Å². The van der Waals surface area contributed by atoms with Crippen molar-refractivity contribution in [3.8, 4) is 0 Å². The molecule has 0 radical (unpaired) electrons. The van der Waals surface area contributed by atoms with E-state index >= 15 is 0 Å². The van der Waals surface area contributed by atoms with Gasteiger partial charge in [0.15, 0.2) is 0 Å². The van der Waals surface area contributed by atoms with Gasteiger partial charge in [-0.15, -0.1) is 0 Å². The van der Waals surface area contributed by atoms with Gasteiger partial charge in [0.1, 0.15) is 0 Å². The van der Waals surface area contributed by atoms with Crippen LogP contribution in [0.2, 0.25) is 0 Å². The van der Waals surface area contributed by atoms with Crippen LogP contribution >= 0.6 is 11.5 Å². The van der Waals surface area contributed by atoms with E-state index in [2.05, 4.69) is 19.8 Å². The predicted octanol–water partition coefficient (Wildman–Crippen LogP) is 2.87. The third kappa shape index (κ3) is 3.69. The lowest BCUT2D eigenvalue weighted by Crippen LogP contribution is -2.10. The molecule has 2 aromatic heterocycles. The number of hydrogen-bond donors (Lipinski definition) is 1. The highest BCUT2D eigenvalue weighted by Crippen LogP contribution is 2.28. The fraction of sp³-hybridized carbons (Fsp3) is 0.545. The lowest BCUT2D eigenvalue weighted by atomic mass is 10.4. The zero-order chi connectivity index (χ0) is 14.8. The summed E-state index contributed by atoms with van der Waals surface area (Å²) in [6, 6.07) is 1.98. The highest BCUT2D eigenvalue weighted by atomic mass is 32.1. The van der Waals surface area contributed by atoms with E-state index in [1.54, 1.807) is 0 Å². The minimum Gasteiger partial charge on any atom is -0.360 e. The molecule has 0 bridgehead atoms. The Bertz CT molecular complexity index is 575. The first-order valence-corrected chi connectivity index (χ1v) is 6.79. The summed E-state index contributed by atoms with van der Waals surface area (Å²) in [5.74, 6) is -1.09. The second-order valence-corrected chi connectivity index (χ2v) is 5.10. The third-order valence-corrected chi connectivity index (χ3v) is 3.28. The van der Waals surface area contributed by atoms with Crippen LogP contribution in [0.4, 0.5) is 18.3 Å². The van der Waals surface area contributed by atoms with Gasteiger partial charge in [0.25, 0.3) is 0 Å². The van der Waals surface area contributed by atoms with Crippen molar-refractivity contribution in [2.24, 2.45) is 0 Å². The Morgan fingerprint density at radius 1 is 1.35 bits per heavy atom. The number of rotatable bonds is 5. The van der Waals surface area contributed by atoms with Crippen LogP contribution in [0.25, 0.3) is 0 Å². The van der Waals surface area contributed by atoms with E-state index in [0.717, 1.165) is 17.8 Å². The predicted molar refractivity (Wildman–Crippen MR) is 69.7 cm³/mol. The number of aryl methyl sites for hydroxylation is 3. The lowest BCUT2D eigenvalue weighted by molar-refractivity contribution is -0.144. The fourth-order valence-corrected chi connectivity index (χ4v) is 2.35. The van der Waals surface area contributed by atoms with Gasteiger partial charge in [0.05, 0.1) is 5.69 Å². The molecule has 0 spiro atoms. The van der Waals surface area contributed by atoms with Gasteiger partial charge in [-0.3, -0.25) is 4.68 Å². The zero-order valence-corrected chi connectivity index (χ0v) is 11.8. The molecular weight excluding hydrogens is 291 g/mol.